The molecule has 2 rings (SSSR count). The van der Waals surface area contributed by atoms with Gasteiger partial charge in [0.25, 0.3) is 5.56 Å². The third-order valence-corrected chi connectivity index (χ3v) is 3.17. The summed E-state index contributed by atoms with van der Waals surface area (Å²) in [6.07, 6.45) is 3.42. The second-order valence-electron chi connectivity index (χ2n) is 3.90. The molecule has 2 N–H and O–H groups in total. The molecular weight excluding hydrogens is 262 g/mol. The van der Waals surface area contributed by atoms with Crippen LogP contribution in [0.1, 0.15) is 18.3 Å². The first-order chi connectivity index (χ1) is 9.17. The van der Waals surface area contributed by atoms with Crippen molar-refractivity contribution < 1.29 is 0 Å². The topological polar surface area (TPSA) is 83.6 Å². The lowest BCUT2D eigenvalue weighted by Gasteiger charge is -2.03. The number of nitrogens with zero attached hydrogens (tertiary/aromatic N) is 3. The van der Waals surface area contributed by atoms with E-state index >= 15 is 0 Å². The number of hydrogen-bond acceptors (Lipinski definition) is 6. The molecule has 0 aromatic carbocycles. The van der Waals surface area contributed by atoms with Crippen molar-refractivity contribution in [3.8, 4) is 0 Å². The maximum Gasteiger partial charge on any atom is 0.251 e. The normalized spacial score (nSPS) is 10.4. The van der Waals surface area contributed by atoms with E-state index in [1.165, 1.54) is 17.8 Å². The monoisotopic (exact) mass is 277 g/mol. The maximum atomic E-state index is 11.3. The molecule has 2 heterocycles. The van der Waals surface area contributed by atoms with Crippen LogP contribution in [0.25, 0.3) is 0 Å². The van der Waals surface area contributed by atoms with Gasteiger partial charge in [0, 0.05) is 24.1 Å². The van der Waals surface area contributed by atoms with Crippen molar-refractivity contribution in [2.24, 2.45) is 0 Å². The number of anilines is 1. The van der Waals surface area contributed by atoms with E-state index < -0.39 is 0 Å². The number of hydrogen-bond donors (Lipinski definition) is 2. The Kier molecular flexibility index (Phi) is 4.51. The Morgan fingerprint density at radius 1 is 1.37 bits per heavy atom. The van der Waals surface area contributed by atoms with Gasteiger partial charge in [-0.3, -0.25) is 9.78 Å². The second kappa shape index (κ2) is 6.33. The van der Waals surface area contributed by atoms with Crippen LogP contribution in [-0.2, 0) is 5.75 Å². The zero-order chi connectivity index (χ0) is 13.7. The summed E-state index contributed by atoms with van der Waals surface area (Å²) in [5.74, 6) is 1.38. The van der Waals surface area contributed by atoms with Gasteiger partial charge in [-0.15, -0.1) is 0 Å². The minimum absolute atomic E-state index is 0.136. The van der Waals surface area contributed by atoms with Crippen molar-refractivity contribution in [3.63, 3.8) is 0 Å². The van der Waals surface area contributed by atoms with Crippen LogP contribution >= 0.6 is 11.8 Å². The Morgan fingerprint density at radius 3 is 2.84 bits per heavy atom. The van der Waals surface area contributed by atoms with Gasteiger partial charge in [0.05, 0.1) is 18.1 Å². The molecule has 0 amide bonds. The highest BCUT2D eigenvalue weighted by molar-refractivity contribution is 7.98. The van der Waals surface area contributed by atoms with Crippen molar-refractivity contribution in [3.05, 3.63) is 40.2 Å². The lowest BCUT2D eigenvalue weighted by molar-refractivity contribution is 0.903. The van der Waals surface area contributed by atoms with E-state index in [9.17, 15) is 4.79 Å². The van der Waals surface area contributed by atoms with Gasteiger partial charge in [-0.25, -0.2) is 9.97 Å². The van der Waals surface area contributed by atoms with Crippen molar-refractivity contribution in [2.45, 2.75) is 24.8 Å². The minimum atomic E-state index is -0.136. The number of H-pyrrole nitrogens is 1. The fourth-order valence-corrected chi connectivity index (χ4v) is 2.28. The highest BCUT2D eigenvalue weighted by Gasteiger charge is 2.02. The molecule has 100 valence electrons. The van der Waals surface area contributed by atoms with E-state index in [0.29, 0.717) is 16.6 Å². The van der Waals surface area contributed by atoms with Crippen molar-refractivity contribution >= 4 is 17.6 Å². The zero-order valence-electron chi connectivity index (χ0n) is 10.8. The number of aromatic nitrogens is 4. The van der Waals surface area contributed by atoms with Crippen LogP contribution in [0, 0.1) is 6.92 Å². The average Bonchev–Trinajstić information content (AvgIpc) is 2.37. The summed E-state index contributed by atoms with van der Waals surface area (Å²) >= 11 is 1.43. The van der Waals surface area contributed by atoms with Gasteiger partial charge < -0.3 is 10.3 Å². The number of rotatable bonds is 5. The minimum Gasteiger partial charge on any atom is -0.369 e. The lowest BCUT2D eigenvalue weighted by Crippen LogP contribution is -2.08. The SMILES string of the molecule is CCNc1cnc(CSc2nc(C)cc(=O)[nH]2)cn1. The van der Waals surface area contributed by atoms with Crippen LogP contribution in [0.5, 0.6) is 0 Å². The predicted molar refractivity (Wildman–Crippen MR) is 75.4 cm³/mol. The molecule has 0 radical (unpaired) electrons. The molecule has 0 atom stereocenters. The molecule has 0 saturated carbocycles. The average molecular weight is 277 g/mol. The van der Waals surface area contributed by atoms with Crippen LogP contribution in [0.15, 0.2) is 28.4 Å². The van der Waals surface area contributed by atoms with Gasteiger partial charge in [-0.2, -0.15) is 0 Å². The fraction of sp³-hybridized carbons (Fsp3) is 0.333. The van der Waals surface area contributed by atoms with Gasteiger partial charge in [0.2, 0.25) is 0 Å². The molecule has 0 spiro atoms. The van der Waals surface area contributed by atoms with Crippen molar-refractivity contribution in [1.82, 2.24) is 19.9 Å². The molecule has 6 nitrogen and oxygen atoms in total. The number of thioether (sulfide) groups is 1. The first-order valence-electron chi connectivity index (χ1n) is 5.93. The fourth-order valence-electron chi connectivity index (χ4n) is 1.46. The first-order valence-corrected chi connectivity index (χ1v) is 6.91. The smallest absolute Gasteiger partial charge is 0.251 e. The molecular formula is C12H15N5OS. The van der Waals surface area contributed by atoms with Gasteiger partial charge >= 0.3 is 0 Å². The Hall–Kier alpha value is -1.89. The second-order valence-corrected chi connectivity index (χ2v) is 4.87. The van der Waals surface area contributed by atoms with Crippen LogP contribution < -0.4 is 10.9 Å². The maximum absolute atomic E-state index is 11.3. The molecule has 0 fully saturated rings. The Balaban J connectivity index is 1.99. The standard InChI is InChI=1S/C12H15N5OS/c1-3-13-10-6-14-9(5-15-10)7-19-12-16-8(2)4-11(18)17-12/h4-6H,3,7H2,1-2H3,(H,13,15)(H,16,17,18). The molecule has 0 aliphatic rings. The number of nitrogens with one attached hydrogen (secondary N) is 2. The third-order valence-electron chi connectivity index (χ3n) is 2.27. The predicted octanol–water partition coefficient (Wildman–Crippen LogP) is 1.59. The Bertz CT molecular complexity index is 596. The van der Waals surface area contributed by atoms with Gasteiger partial charge in [-0.1, -0.05) is 11.8 Å². The molecule has 7 heteroatoms. The summed E-state index contributed by atoms with van der Waals surface area (Å²) in [5, 5.41) is 3.68. The molecule has 0 bridgehead atoms. The van der Waals surface area contributed by atoms with Crippen molar-refractivity contribution in [2.75, 3.05) is 11.9 Å². The van der Waals surface area contributed by atoms with Crippen LogP contribution in [0.3, 0.4) is 0 Å². The molecule has 2 aromatic heterocycles. The molecule has 0 unspecified atom stereocenters. The molecule has 2 aromatic rings. The van der Waals surface area contributed by atoms with E-state index in [1.807, 2.05) is 6.92 Å². The summed E-state index contributed by atoms with van der Waals surface area (Å²) in [6, 6.07) is 1.47. The third kappa shape index (κ3) is 4.06. The zero-order valence-corrected chi connectivity index (χ0v) is 11.6. The van der Waals surface area contributed by atoms with E-state index in [0.717, 1.165) is 18.1 Å². The lowest BCUT2D eigenvalue weighted by atomic mass is 10.5. The first kappa shape index (κ1) is 13.5. The van der Waals surface area contributed by atoms with Crippen molar-refractivity contribution in [1.29, 1.82) is 0 Å². The number of aromatic amines is 1. The quantitative estimate of drug-likeness (QED) is 0.638. The molecule has 0 aliphatic carbocycles. The largest absolute Gasteiger partial charge is 0.369 e. The summed E-state index contributed by atoms with van der Waals surface area (Å²) in [6.45, 7) is 4.62. The Morgan fingerprint density at radius 2 is 2.21 bits per heavy atom. The Labute approximate surface area is 115 Å². The van der Waals surface area contributed by atoms with Crippen LogP contribution in [0.4, 0.5) is 5.82 Å². The van der Waals surface area contributed by atoms with E-state index in [1.54, 1.807) is 19.3 Å². The summed E-state index contributed by atoms with van der Waals surface area (Å²) in [4.78, 5) is 26.8. The van der Waals surface area contributed by atoms with E-state index in [4.69, 9.17) is 0 Å². The van der Waals surface area contributed by atoms with E-state index in [2.05, 4.69) is 25.3 Å². The van der Waals surface area contributed by atoms with Gasteiger partial charge in [0.1, 0.15) is 5.82 Å². The van der Waals surface area contributed by atoms with Crippen LogP contribution in [0.2, 0.25) is 0 Å². The molecule has 19 heavy (non-hydrogen) atoms. The summed E-state index contributed by atoms with van der Waals surface area (Å²) in [5.41, 5.74) is 1.42. The van der Waals surface area contributed by atoms with Crippen LogP contribution in [-0.4, -0.2) is 26.5 Å². The van der Waals surface area contributed by atoms with Gasteiger partial charge in [-0.05, 0) is 13.8 Å². The number of aryl methyl sites for hydroxylation is 1. The summed E-state index contributed by atoms with van der Waals surface area (Å²) < 4.78 is 0. The molecule has 0 aliphatic heterocycles. The highest BCUT2D eigenvalue weighted by Crippen LogP contribution is 2.16. The highest BCUT2D eigenvalue weighted by atomic mass is 32.2. The van der Waals surface area contributed by atoms with Gasteiger partial charge in [0.15, 0.2) is 5.16 Å². The van der Waals surface area contributed by atoms with E-state index in [-0.39, 0.29) is 5.56 Å². The summed E-state index contributed by atoms with van der Waals surface area (Å²) in [7, 11) is 0. The molecule has 0 saturated heterocycles.